The molecule has 1 aromatic carbocycles. The summed E-state index contributed by atoms with van der Waals surface area (Å²) in [5.41, 5.74) is 0.696. The molecule has 92 valence electrons. The number of ketones is 1. The Balaban J connectivity index is 1.91. The molecule has 1 unspecified atom stereocenters. The number of likely N-dealkylation sites (tertiary alicyclic amines) is 1. The normalized spacial score (nSPS) is 20.7. The fourth-order valence-electron chi connectivity index (χ4n) is 2.14. The summed E-state index contributed by atoms with van der Waals surface area (Å²) >= 11 is 5.78. The lowest BCUT2D eigenvalue weighted by Gasteiger charge is -2.14. The highest BCUT2D eigenvalue weighted by Gasteiger charge is 2.23. The molecule has 1 atom stereocenters. The number of benzene rings is 1. The number of aliphatic hydroxyl groups excluding tert-OH is 1. The number of Topliss-reactive ketones (excluding diaryl/α,β-unsaturated/α-hetero) is 1. The Morgan fingerprint density at radius 2 is 2.12 bits per heavy atom. The highest BCUT2D eigenvalue weighted by Crippen LogP contribution is 2.16. The first kappa shape index (κ1) is 12.6. The molecule has 1 aromatic rings. The van der Waals surface area contributed by atoms with Gasteiger partial charge < -0.3 is 5.11 Å². The van der Waals surface area contributed by atoms with Gasteiger partial charge in [-0.15, -0.1) is 0 Å². The molecule has 3 nitrogen and oxygen atoms in total. The Kier molecular flexibility index (Phi) is 4.15. The van der Waals surface area contributed by atoms with Crippen LogP contribution in [-0.2, 0) is 0 Å². The molecule has 0 bridgehead atoms. The van der Waals surface area contributed by atoms with Crippen LogP contribution < -0.4 is 0 Å². The summed E-state index contributed by atoms with van der Waals surface area (Å²) in [6, 6.07) is 6.97. The summed E-state index contributed by atoms with van der Waals surface area (Å²) in [5.74, 6) is 0.438. The summed E-state index contributed by atoms with van der Waals surface area (Å²) in [6.07, 6.45) is 0.977. The molecule has 1 aliphatic heterocycles. The molecular weight excluding hydrogens is 238 g/mol. The maximum absolute atomic E-state index is 12.0. The predicted molar refractivity (Wildman–Crippen MR) is 67.4 cm³/mol. The zero-order valence-corrected chi connectivity index (χ0v) is 10.4. The minimum Gasteiger partial charge on any atom is -0.396 e. The van der Waals surface area contributed by atoms with Gasteiger partial charge in [0, 0.05) is 23.7 Å². The Bertz CT molecular complexity index is 391. The predicted octanol–water partition coefficient (Wildman–Crippen LogP) is 1.84. The van der Waals surface area contributed by atoms with Crippen molar-refractivity contribution in [1.29, 1.82) is 0 Å². The van der Waals surface area contributed by atoms with E-state index in [4.69, 9.17) is 16.7 Å². The first-order valence-electron chi connectivity index (χ1n) is 5.81. The van der Waals surface area contributed by atoms with E-state index < -0.39 is 0 Å². The first-order valence-corrected chi connectivity index (χ1v) is 6.19. The van der Waals surface area contributed by atoms with E-state index in [9.17, 15) is 4.79 Å². The van der Waals surface area contributed by atoms with Gasteiger partial charge in [0.25, 0.3) is 0 Å². The quantitative estimate of drug-likeness (QED) is 0.833. The number of hydrogen-bond acceptors (Lipinski definition) is 3. The maximum atomic E-state index is 12.0. The number of aliphatic hydroxyl groups is 1. The fraction of sp³-hybridized carbons (Fsp3) is 0.462. The van der Waals surface area contributed by atoms with E-state index in [1.165, 1.54) is 0 Å². The van der Waals surface area contributed by atoms with Gasteiger partial charge >= 0.3 is 0 Å². The largest absolute Gasteiger partial charge is 0.396 e. The zero-order chi connectivity index (χ0) is 12.3. The molecule has 1 heterocycles. The van der Waals surface area contributed by atoms with E-state index in [2.05, 4.69) is 4.90 Å². The molecule has 0 aromatic heterocycles. The second kappa shape index (κ2) is 5.63. The zero-order valence-electron chi connectivity index (χ0n) is 9.60. The van der Waals surface area contributed by atoms with Crippen LogP contribution in [0, 0.1) is 5.92 Å². The summed E-state index contributed by atoms with van der Waals surface area (Å²) in [7, 11) is 0. The van der Waals surface area contributed by atoms with Gasteiger partial charge in [-0.25, -0.2) is 0 Å². The van der Waals surface area contributed by atoms with Gasteiger partial charge in [0.05, 0.1) is 6.54 Å². The van der Waals surface area contributed by atoms with E-state index in [0.29, 0.717) is 23.0 Å². The van der Waals surface area contributed by atoms with Crippen LogP contribution in [0.3, 0.4) is 0 Å². The Morgan fingerprint density at radius 1 is 1.41 bits per heavy atom. The lowest BCUT2D eigenvalue weighted by Crippen LogP contribution is -2.28. The van der Waals surface area contributed by atoms with Crippen molar-refractivity contribution >= 4 is 17.4 Å². The summed E-state index contributed by atoms with van der Waals surface area (Å²) in [6.45, 7) is 2.35. The lowest BCUT2D eigenvalue weighted by molar-refractivity contribution is 0.0940. The number of nitrogens with zero attached hydrogens (tertiary/aromatic N) is 1. The molecular formula is C13H16ClNO2. The average molecular weight is 254 g/mol. The first-order chi connectivity index (χ1) is 8.19. The minimum atomic E-state index is 0.111. The van der Waals surface area contributed by atoms with E-state index in [-0.39, 0.29) is 12.4 Å². The van der Waals surface area contributed by atoms with Crippen LogP contribution in [0.5, 0.6) is 0 Å². The topological polar surface area (TPSA) is 40.5 Å². The monoisotopic (exact) mass is 253 g/mol. The van der Waals surface area contributed by atoms with Gasteiger partial charge in [-0.2, -0.15) is 0 Å². The molecule has 2 rings (SSSR count). The van der Waals surface area contributed by atoms with Gasteiger partial charge in [0.2, 0.25) is 0 Å². The third kappa shape index (κ3) is 3.28. The maximum Gasteiger partial charge on any atom is 0.176 e. The Morgan fingerprint density at radius 3 is 2.71 bits per heavy atom. The molecule has 17 heavy (non-hydrogen) atoms. The van der Waals surface area contributed by atoms with Crippen molar-refractivity contribution in [3.05, 3.63) is 34.9 Å². The Hall–Kier alpha value is -0.900. The van der Waals surface area contributed by atoms with E-state index in [1.54, 1.807) is 24.3 Å². The van der Waals surface area contributed by atoms with Crippen LogP contribution in [0.25, 0.3) is 0 Å². The third-order valence-electron chi connectivity index (χ3n) is 3.16. The molecule has 1 aliphatic rings. The van der Waals surface area contributed by atoms with Crippen molar-refractivity contribution in [1.82, 2.24) is 4.90 Å². The number of rotatable bonds is 4. The standard InChI is InChI=1S/C13H16ClNO2/c14-12-3-1-11(2-4-12)13(17)8-15-6-5-10(7-15)9-16/h1-4,10,16H,5-9H2. The molecule has 1 fully saturated rings. The highest BCUT2D eigenvalue weighted by atomic mass is 35.5. The summed E-state index contributed by atoms with van der Waals surface area (Å²) in [5, 5.41) is 9.68. The lowest BCUT2D eigenvalue weighted by atomic mass is 10.1. The van der Waals surface area contributed by atoms with Gasteiger partial charge in [-0.3, -0.25) is 9.69 Å². The minimum absolute atomic E-state index is 0.111. The summed E-state index contributed by atoms with van der Waals surface area (Å²) < 4.78 is 0. The summed E-state index contributed by atoms with van der Waals surface area (Å²) in [4.78, 5) is 14.1. The smallest absolute Gasteiger partial charge is 0.176 e. The van der Waals surface area contributed by atoms with Gasteiger partial charge in [-0.1, -0.05) is 11.6 Å². The average Bonchev–Trinajstić information content (AvgIpc) is 2.77. The van der Waals surface area contributed by atoms with Crippen molar-refractivity contribution in [2.45, 2.75) is 6.42 Å². The van der Waals surface area contributed by atoms with E-state index in [0.717, 1.165) is 19.5 Å². The van der Waals surface area contributed by atoms with E-state index in [1.807, 2.05) is 0 Å². The van der Waals surface area contributed by atoms with Crippen molar-refractivity contribution in [2.24, 2.45) is 5.92 Å². The van der Waals surface area contributed by atoms with E-state index >= 15 is 0 Å². The molecule has 4 heteroatoms. The molecule has 1 saturated heterocycles. The van der Waals surface area contributed by atoms with Crippen molar-refractivity contribution in [2.75, 3.05) is 26.2 Å². The number of carbonyl (C=O) groups is 1. The number of carbonyl (C=O) groups excluding carboxylic acids is 1. The number of halogens is 1. The van der Waals surface area contributed by atoms with Gasteiger partial charge in [0.1, 0.15) is 0 Å². The molecule has 0 spiro atoms. The number of hydrogen-bond donors (Lipinski definition) is 1. The second-order valence-corrected chi connectivity index (χ2v) is 4.94. The molecule has 0 radical (unpaired) electrons. The fourth-order valence-corrected chi connectivity index (χ4v) is 2.26. The molecule has 1 N–H and O–H groups in total. The van der Waals surface area contributed by atoms with Crippen LogP contribution in [0.4, 0.5) is 0 Å². The van der Waals surface area contributed by atoms with Crippen LogP contribution >= 0.6 is 11.6 Å². The van der Waals surface area contributed by atoms with Crippen molar-refractivity contribution in [3.63, 3.8) is 0 Å². The molecule has 0 aliphatic carbocycles. The SMILES string of the molecule is O=C(CN1CCC(CO)C1)c1ccc(Cl)cc1. The second-order valence-electron chi connectivity index (χ2n) is 4.50. The molecule has 0 amide bonds. The highest BCUT2D eigenvalue weighted by molar-refractivity contribution is 6.30. The van der Waals surface area contributed by atoms with Gasteiger partial charge in [-0.05, 0) is 43.1 Å². The molecule has 0 saturated carbocycles. The third-order valence-corrected chi connectivity index (χ3v) is 3.41. The Labute approximate surface area is 106 Å². The van der Waals surface area contributed by atoms with Crippen LogP contribution in [0.15, 0.2) is 24.3 Å². The van der Waals surface area contributed by atoms with Crippen LogP contribution in [-0.4, -0.2) is 42.0 Å². The van der Waals surface area contributed by atoms with Crippen LogP contribution in [0.2, 0.25) is 5.02 Å². The van der Waals surface area contributed by atoms with Gasteiger partial charge in [0.15, 0.2) is 5.78 Å². The van der Waals surface area contributed by atoms with Crippen molar-refractivity contribution in [3.8, 4) is 0 Å². The van der Waals surface area contributed by atoms with Crippen molar-refractivity contribution < 1.29 is 9.90 Å². The van der Waals surface area contributed by atoms with Crippen LogP contribution in [0.1, 0.15) is 16.8 Å².